The summed E-state index contributed by atoms with van der Waals surface area (Å²) in [7, 11) is 0. The van der Waals surface area contributed by atoms with Gasteiger partial charge in [0.25, 0.3) is 0 Å². The first kappa shape index (κ1) is 14.0. The summed E-state index contributed by atoms with van der Waals surface area (Å²) in [4.78, 5) is 25.5. The van der Waals surface area contributed by atoms with E-state index in [9.17, 15) is 9.59 Å². The number of nitrogens with zero attached hydrogens (tertiary/aromatic N) is 1. The molecule has 4 N–H and O–H groups in total. The van der Waals surface area contributed by atoms with Gasteiger partial charge in [0.2, 0.25) is 5.91 Å². The van der Waals surface area contributed by atoms with E-state index in [1.54, 1.807) is 12.1 Å². The van der Waals surface area contributed by atoms with Crippen LogP contribution in [-0.4, -0.2) is 28.5 Å². The Morgan fingerprint density at radius 3 is 2.67 bits per heavy atom. The molecule has 0 saturated carbocycles. The molecule has 0 radical (unpaired) electrons. The molecule has 6 heteroatoms. The van der Waals surface area contributed by atoms with E-state index in [4.69, 9.17) is 10.8 Å². The van der Waals surface area contributed by atoms with Gasteiger partial charge in [-0.25, -0.2) is 4.98 Å². The van der Waals surface area contributed by atoms with Crippen LogP contribution in [0.5, 0.6) is 0 Å². The van der Waals surface area contributed by atoms with Gasteiger partial charge in [-0.2, -0.15) is 0 Å². The molecule has 18 heavy (non-hydrogen) atoms. The summed E-state index contributed by atoms with van der Waals surface area (Å²) in [5.41, 5.74) is 5.44. The molecule has 0 spiro atoms. The van der Waals surface area contributed by atoms with Crippen molar-refractivity contribution in [3.63, 3.8) is 0 Å². The van der Waals surface area contributed by atoms with Gasteiger partial charge in [0, 0.05) is 19.2 Å². The third-order valence-corrected chi connectivity index (χ3v) is 2.66. The van der Waals surface area contributed by atoms with Gasteiger partial charge in [-0.3, -0.25) is 9.59 Å². The second-order valence-corrected chi connectivity index (χ2v) is 4.05. The molecule has 0 aliphatic heterocycles. The first-order valence-electron chi connectivity index (χ1n) is 5.74. The number of hydrogen-bond donors (Lipinski definition) is 3. The Labute approximate surface area is 105 Å². The number of anilines is 1. The average Bonchev–Trinajstić information content (AvgIpc) is 2.34. The van der Waals surface area contributed by atoms with Crippen molar-refractivity contribution in [3.05, 3.63) is 23.9 Å². The van der Waals surface area contributed by atoms with Crippen molar-refractivity contribution in [2.45, 2.75) is 19.8 Å². The predicted molar refractivity (Wildman–Crippen MR) is 67.3 cm³/mol. The van der Waals surface area contributed by atoms with Gasteiger partial charge in [0.05, 0.1) is 5.56 Å². The third kappa shape index (κ3) is 4.40. The van der Waals surface area contributed by atoms with Gasteiger partial charge in [-0.1, -0.05) is 13.3 Å². The Morgan fingerprint density at radius 1 is 1.50 bits per heavy atom. The Bertz CT molecular complexity index is 417. The van der Waals surface area contributed by atoms with Crippen LogP contribution >= 0.6 is 0 Å². The fourth-order valence-electron chi connectivity index (χ4n) is 1.50. The number of carboxylic acids is 1. The molecule has 0 bridgehead atoms. The van der Waals surface area contributed by atoms with Gasteiger partial charge < -0.3 is 16.2 Å². The number of carboxylic acid groups (broad SMARTS) is 1. The number of carbonyl (C=O) groups is 2. The highest BCUT2D eigenvalue weighted by Gasteiger charge is 2.11. The van der Waals surface area contributed by atoms with Crippen molar-refractivity contribution in [2.24, 2.45) is 11.7 Å². The van der Waals surface area contributed by atoms with Crippen LogP contribution in [0.15, 0.2) is 18.3 Å². The summed E-state index contributed by atoms with van der Waals surface area (Å²) in [5, 5.41) is 11.8. The van der Waals surface area contributed by atoms with Crippen molar-refractivity contribution < 1.29 is 14.7 Å². The zero-order chi connectivity index (χ0) is 13.5. The SMILES string of the molecule is CCC(CNc1ccc(C(N)=O)cn1)CC(=O)O. The minimum absolute atomic E-state index is 0.0557. The fourth-order valence-corrected chi connectivity index (χ4v) is 1.50. The highest BCUT2D eigenvalue weighted by Crippen LogP contribution is 2.11. The van der Waals surface area contributed by atoms with E-state index in [-0.39, 0.29) is 12.3 Å². The number of pyridine rings is 1. The zero-order valence-corrected chi connectivity index (χ0v) is 10.2. The number of carbonyl (C=O) groups excluding carboxylic acids is 1. The Kier molecular flexibility index (Phi) is 5.10. The van der Waals surface area contributed by atoms with Gasteiger partial charge >= 0.3 is 5.97 Å². The maximum Gasteiger partial charge on any atom is 0.303 e. The van der Waals surface area contributed by atoms with Crippen LogP contribution in [-0.2, 0) is 4.79 Å². The maximum absolute atomic E-state index is 10.8. The number of aliphatic carboxylic acids is 1. The highest BCUT2D eigenvalue weighted by atomic mass is 16.4. The van der Waals surface area contributed by atoms with Gasteiger partial charge in [-0.15, -0.1) is 0 Å². The van der Waals surface area contributed by atoms with Crippen LogP contribution < -0.4 is 11.1 Å². The smallest absolute Gasteiger partial charge is 0.303 e. The lowest BCUT2D eigenvalue weighted by Crippen LogP contribution is -2.18. The van der Waals surface area contributed by atoms with Crippen molar-refractivity contribution >= 4 is 17.7 Å². The van der Waals surface area contributed by atoms with E-state index in [2.05, 4.69) is 10.3 Å². The molecule has 1 aromatic heterocycles. The number of amides is 1. The fraction of sp³-hybridized carbons (Fsp3) is 0.417. The molecule has 1 rings (SSSR count). The maximum atomic E-state index is 10.8. The van der Waals surface area contributed by atoms with Crippen LogP contribution in [0.25, 0.3) is 0 Å². The summed E-state index contributed by atoms with van der Waals surface area (Å²) in [6.45, 7) is 2.48. The molecule has 1 atom stereocenters. The number of nitrogens with one attached hydrogen (secondary N) is 1. The monoisotopic (exact) mass is 251 g/mol. The largest absolute Gasteiger partial charge is 0.481 e. The molecule has 0 aliphatic carbocycles. The number of primary amides is 1. The number of nitrogens with two attached hydrogens (primary N) is 1. The summed E-state index contributed by atoms with van der Waals surface area (Å²) in [6.07, 6.45) is 2.30. The summed E-state index contributed by atoms with van der Waals surface area (Å²) < 4.78 is 0. The number of hydrogen-bond acceptors (Lipinski definition) is 4. The molecule has 0 fully saturated rings. The van der Waals surface area contributed by atoms with Crippen LogP contribution in [0, 0.1) is 5.92 Å². The van der Waals surface area contributed by atoms with E-state index >= 15 is 0 Å². The number of rotatable bonds is 7. The molecular weight excluding hydrogens is 234 g/mol. The molecule has 1 heterocycles. The lowest BCUT2D eigenvalue weighted by molar-refractivity contribution is -0.138. The van der Waals surface area contributed by atoms with E-state index < -0.39 is 11.9 Å². The third-order valence-electron chi connectivity index (χ3n) is 2.66. The van der Waals surface area contributed by atoms with Crippen molar-refractivity contribution in [1.82, 2.24) is 4.98 Å². The minimum atomic E-state index is -0.805. The van der Waals surface area contributed by atoms with E-state index in [0.29, 0.717) is 17.9 Å². The molecule has 1 unspecified atom stereocenters. The molecule has 1 amide bonds. The standard InChI is InChI=1S/C12H17N3O3/c1-2-8(5-11(16)17)6-14-10-4-3-9(7-15-10)12(13)18/h3-4,7-8H,2,5-6H2,1H3,(H2,13,18)(H,14,15)(H,16,17). The lowest BCUT2D eigenvalue weighted by atomic mass is 10.0. The first-order chi connectivity index (χ1) is 8.52. The van der Waals surface area contributed by atoms with Gasteiger partial charge in [-0.05, 0) is 18.1 Å². The van der Waals surface area contributed by atoms with E-state index in [1.807, 2.05) is 6.92 Å². The molecular formula is C12H17N3O3. The van der Waals surface area contributed by atoms with Crippen molar-refractivity contribution in [3.8, 4) is 0 Å². The van der Waals surface area contributed by atoms with Crippen LogP contribution in [0.4, 0.5) is 5.82 Å². The first-order valence-corrected chi connectivity index (χ1v) is 5.74. The van der Waals surface area contributed by atoms with Gasteiger partial charge in [0.15, 0.2) is 0 Å². The zero-order valence-electron chi connectivity index (χ0n) is 10.2. The molecule has 98 valence electrons. The molecule has 1 aromatic rings. The Hall–Kier alpha value is -2.11. The van der Waals surface area contributed by atoms with Crippen molar-refractivity contribution in [1.29, 1.82) is 0 Å². The second kappa shape index (κ2) is 6.58. The predicted octanol–water partition coefficient (Wildman–Crippen LogP) is 1.09. The molecule has 0 aromatic carbocycles. The summed E-state index contributed by atoms with van der Waals surface area (Å²) in [5.74, 6) is -0.670. The summed E-state index contributed by atoms with van der Waals surface area (Å²) >= 11 is 0. The summed E-state index contributed by atoms with van der Waals surface area (Å²) in [6, 6.07) is 3.23. The minimum Gasteiger partial charge on any atom is -0.481 e. The highest BCUT2D eigenvalue weighted by molar-refractivity contribution is 5.92. The quantitative estimate of drug-likeness (QED) is 0.672. The van der Waals surface area contributed by atoms with Crippen LogP contribution in [0.2, 0.25) is 0 Å². The average molecular weight is 251 g/mol. The Balaban J connectivity index is 2.52. The molecule has 6 nitrogen and oxygen atoms in total. The lowest BCUT2D eigenvalue weighted by Gasteiger charge is -2.13. The van der Waals surface area contributed by atoms with E-state index in [0.717, 1.165) is 6.42 Å². The topological polar surface area (TPSA) is 105 Å². The van der Waals surface area contributed by atoms with Crippen molar-refractivity contribution in [2.75, 3.05) is 11.9 Å². The van der Waals surface area contributed by atoms with Crippen LogP contribution in [0.1, 0.15) is 30.1 Å². The molecule has 0 saturated heterocycles. The number of aromatic nitrogens is 1. The van der Waals surface area contributed by atoms with E-state index in [1.165, 1.54) is 6.20 Å². The van der Waals surface area contributed by atoms with Gasteiger partial charge in [0.1, 0.15) is 5.82 Å². The molecule has 0 aliphatic rings. The van der Waals surface area contributed by atoms with Crippen LogP contribution in [0.3, 0.4) is 0 Å². The second-order valence-electron chi connectivity index (χ2n) is 4.05. The normalized spacial score (nSPS) is 11.8. The Morgan fingerprint density at radius 2 is 2.22 bits per heavy atom.